The first-order valence-electron chi connectivity index (χ1n) is 11.1. The van der Waals surface area contributed by atoms with E-state index in [1.54, 1.807) is 17.0 Å². The van der Waals surface area contributed by atoms with E-state index in [4.69, 9.17) is 16.3 Å². The maximum absolute atomic E-state index is 13.6. The summed E-state index contributed by atoms with van der Waals surface area (Å²) in [6.45, 7) is 6.91. The molecule has 0 saturated carbocycles. The normalized spacial score (nSPS) is 17.7. The zero-order valence-corrected chi connectivity index (χ0v) is 19.8. The van der Waals surface area contributed by atoms with Gasteiger partial charge in [0.1, 0.15) is 11.6 Å². The molecule has 0 unspecified atom stereocenters. The van der Waals surface area contributed by atoms with Crippen molar-refractivity contribution in [3.05, 3.63) is 64.7 Å². The molecule has 0 bridgehead atoms. The fourth-order valence-corrected chi connectivity index (χ4v) is 4.00. The second kappa shape index (κ2) is 10.2. The molecule has 1 amide bonds. The molecular formula is C25H30ClF3N2O2. The number of ether oxygens (including phenoxy) is 1. The van der Waals surface area contributed by atoms with E-state index in [1.165, 1.54) is 24.3 Å². The highest BCUT2D eigenvalue weighted by Gasteiger charge is 2.40. The summed E-state index contributed by atoms with van der Waals surface area (Å²) in [7, 11) is 0. The second-order valence-corrected chi connectivity index (χ2v) is 9.92. The molecule has 3 rings (SSSR count). The summed E-state index contributed by atoms with van der Waals surface area (Å²) in [4.78, 5) is 14.0. The number of nitrogens with one attached hydrogen (secondary N) is 1. The van der Waals surface area contributed by atoms with E-state index in [2.05, 4.69) is 5.32 Å². The van der Waals surface area contributed by atoms with Crippen molar-refractivity contribution < 1.29 is 22.7 Å². The quantitative estimate of drug-likeness (QED) is 0.471. The van der Waals surface area contributed by atoms with E-state index in [-0.39, 0.29) is 11.7 Å². The van der Waals surface area contributed by atoms with Gasteiger partial charge in [0.2, 0.25) is 0 Å². The van der Waals surface area contributed by atoms with Crippen molar-refractivity contribution in [2.75, 3.05) is 18.4 Å². The predicted octanol–water partition coefficient (Wildman–Crippen LogP) is 7.25. The first kappa shape index (κ1) is 25.2. The Kier molecular flexibility index (Phi) is 7.83. The van der Waals surface area contributed by atoms with E-state index >= 15 is 0 Å². The molecule has 180 valence electrons. The molecule has 1 aliphatic rings. The number of carbonyl (C=O) groups excluding carboxylic acids is 1. The second-order valence-electron chi connectivity index (χ2n) is 9.49. The highest BCUT2D eigenvalue weighted by atomic mass is 35.5. The summed E-state index contributed by atoms with van der Waals surface area (Å²) in [5.74, 6) is 0.384. The fourth-order valence-electron chi connectivity index (χ4n) is 3.88. The molecule has 0 aliphatic carbocycles. The Morgan fingerprint density at radius 1 is 1.12 bits per heavy atom. The fraction of sp³-hybridized carbons (Fsp3) is 0.480. The van der Waals surface area contributed by atoms with Crippen LogP contribution in [0, 0.1) is 5.92 Å². The summed E-state index contributed by atoms with van der Waals surface area (Å²) >= 11 is 5.81. The Bertz CT molecular complexity index is 925. The number of aryl methyl sites for hydroxylation is 1. The maximum atomic E-state index is 13.6. The first-order valence-corrected chi connectivity index (χ1v) is 11.4. The average molecular weight is 483 g/mol. The van der Waals surface area contributed by atoms with Gasteiger partial charge in [0, 0.05) is 23.8 Å². The van der Waals surface area contributed by atoms with Crippen molar-refractivity contribution in [2.45, 2.75) is 57.9 Å². The number of carbonyl (C=O) groups is 1. The van der Waals surface area contributed by atoms with Crippen LogP contribution in [0.3, 0.4) is 0 Å². The van der Waals surface area contributed by atoms with E-state index in [0.29, 0.717) is 29.7 Å². The van der Waals surface area contributed by atoms with Gasteiger partial charge in [-0.3, -0.25) is 0 Å². The Morgan fingerprint density at radius 2 is 1.76 bits per heavy atom. The van der Waals surface area contributed by atoms with Gasteiger partial charge in [-0.1, -0.05) is 35.9 Å². The van der Waals surface area contributed by atoms with Crippen molar-refractivity contribution in [3.8, 4) is 0 Å². The van der Waals surface area contributed by atoms with E-state index < -0.39 is 17.8 Å². The summed E-state index contributed by atoms with van der Waals surface area (Å²) in [5.41, 5.74) is 1.04. The molecule has 0 radical (unpaired) electrons. The van der Waals surface area contributed by atoms with Crippen molar-refractivity contribution >= 4 is 23.4 Å². The zero-order chi connectivity index (χ0) is 24.2. The van der Waals surface area contributed by atoms with Gasteiger partial charge in [-0.2, -0.15) is 13.2 Å². The third-order valence-corrected chi connectivity index (χ3v) is 5.83. The van der Waals surface area contributed by atoms with Crippen LogP contribution in [0.2, 0.25) is 5.02 Å². The molecule has 1 saturated heterocycles. The van der Waals surface area contributed by atoms with Gasteiger partial charge in [0.05, 0.1) is 0 Å². The lowest BCUT2D eigenvalue weighted by atomic mass is 9.98. The molecule has 0 spiro atoms. The van der Waals surface area contributed by atoms with Gasteiger partial charge >= 0.3 is 12.3 Å². The molecule has 2 aromatic rings. The number of halogens is 4. The lowest BCUT2D eigenvalue weighted by Gasteiger charge is -2.24. The average Bonchev–Trinajstić information content (AvgIpc) is 3.19. The summed E-state index contributed by atoms with van der Waals surface area (Å²) in [5, 5.41) is 2.98. The first-order chi connectivity index (χ1) is 15.4. The Morgan fingerprint density at radius 3 is 2.33 bits per heavy atom. The Balaban J connectivity index is 1.54. The summed E-state index contributed by atoms with van der Waals surface area (Å²) in [6.07, 6.45) is -2.10. The number of rotatable bonds is 6. The van der Waals surface area contributed by atoms with Crippen LogP contribution in [-0.4, -0.2) is 35.9 Å². The van der Waals surface area contributed by atoms with Crippen molar-refractivity contribution in [2.24, 2.45) is 5.92 Å². The number of benzene rings is 2. The molecule has 33 heavy (non-hydrogen) atoms. The number of amides is 1. The van der Waals surface area contributed by atoms with Crippen LogP contribution in [0.5, 0.6) is 0 Å². The SMILES string of the molecule is CC(C)(C)OC(=O)N1CC[C@H](CCc2ccc(N[C@@H](c3ccc(Cl)cc3)C(F)(F)F)cc2)C1. The summed E-state index contributed by atoms with van der Waals surface area (Å²) < 4.78 is 46.3. The van der Waals surface area contributed by atoms with Crippen LogP contribution >= 0.6 is 11.6 Å². The molecule has 1 N–H and O–H groups in total. The van der Waals surface area contributed by atoms with Crippen LogP contribution in [0.4, 0.5) is 23.7 Å². The zero-order valence-electron chi connectivity index (χ0n) is 19.1. The molecule has 1 heterocycles. The third kappa shape index (κ3) is 7.56. The minimum Gasteiger partial charge on any atom is -0.444 e. The van der Waals surface area contributed by atoms with E-state index in [0.717, 1.165) is 24.8 Å². The molecule has 0 aromatic heterocycles. The number of nitrogens with zero attached hydrogens (tertiary/aromatic N) is 1. The van der Waals surface area contributed by atoms with Crippen LogP contribution in [0.25, 0.3) is 0 Å². The Hall–Kier alpha value is -2.41. The number of anilines is 1. The van der Waals surface area contributed by atoms with Crippen LogP contribution in [-0.2, 0) is 11.2 Å². The largest absolute Gasteiger partial charge is 0.444 e. The summed E-state index contributed by atoms with van der Waals surface area (Å²) in [6, 6.07) is 10.9. The van der Waals surface area contributed by atoms with Gasteiger partial charge in [-0.05, 0) is 81.3 Å². The van der Waals surface area contributed by atoms with Crippen LogP contribution in [0.15, 0.2) is 48.5 Å². The van der Waals surface area contributed by atoms with E-state index in [9.17, 15) is 18.0 Å². The van der Waals surface area contributed by atoms with Crippen LogP contribution in [0.1, 0.15) is 50.8 Å². The third-order valence-electron chi connectivity index (χ3n) is 5.57. The molecule has 8 heteroatoms. The molecule has 4 nitrogen and oxygen atoms in total. The predicted molar refractivity (Wildman–Crippen MR) is 125 cm³/mol. The standard InChI is InChI=1S/C25H30ClF3N2O2/c1-24(2,3)33-23(32)31-15-14-18(16-31)5-4-17-6-12-21(13-7-17)30-22(25(27,28)29)19-8-10-20(26)11-9-19/h6-13,18,22,30H,4-5,14-16H2,1-3H3/t18-,22-/m0/s1. The van der Waals surface area contributed by atoms with Gasteiger partial charge in [-0.25, -0.2) is 4.79 Å². The highest BCUT2D eigenvalue weighted by Crippen LogP contribution is 2.36. The van der Waals surface area contributed by atoms with Gasteiger partial charge < -0.3 is 15.0 Å². The Labute approximate surface area is 198 Å². The lowest BCUT2D eigenvalue weighted by Crippen LogP contribution is -2.35. The molecule has 2 aromatic carbocycles. The number of hydrogen-bond donors (Lipinski definition) is 1. The van der Waals surface area contributed by atoms with Gasteiger partial charge in [0.25, 0.3) is 0 Å². The minimum absolute atomic E-state index is 0.103. The van der Waals surface area contributed by atoms with Gasteiger partial charge in [0.15, 0.2) is 0 Å². The molecule has 1 aliphatic heterocycles. The minimum atomic E-state index is -4.45. The van der Waals surface area contributed by atoms with E-state index in [1.807, 2.05) is 32.9 Å². The topological polar surface area (TPSA) is 41.6 Å². The molecule has 2 atom stereocenters. The molecular weight excluding hydrogens is 453 g/mol. The van der Waals surface area contributed by atoms with Crippen molar-refractivity contribution in [1.29, 1.82) is 0 Å². The van der Waals surface area contributed by atoms with Crippen molar-refractivity contribution in [3.63, 3.8) is 0 Å². The van der Waals surface area contributed by atoms with Crippen LogP contribution < -0.4 is 5.32 Å². The number of alkyl halides is 3. The lowest BCUT2D eigenvalue weighted by molar-refractivity contribution is -0.144. The molecule has 1 fully saturated rings. The smallest absolute Gasteiger partial charge is 0.412 e. The number of likely N-dealkylation sites (tertiary alicyclic amines) is 1. The maximum Gasteiger partial charge on any atom is 0.412 e. The monoisotopic (exact) mass is 482 g/mol. The number of hydrogen-bond acceptors (Lipinski definition) is 3. The van der Waals surface area contributed by atoms with Crippen molar-refractivity contribution in [1.82, 2.24) is 4.90 Å². The van der Waals surface area contributed by atoms with Gasteiger partial charge in [-0.15, -0.1) is 0 Å². The highest BCUT2D eigenvalue weighted by molar-refractivity contribution is 6.30.